The first-order valence-electron chi connectivity index (χ1n) is 9.58. The van der Waals surface area contributed by atoms with Crippen LogP contribution in [0.1, 0.15) is 53.3 Å². The Bertz CT molecular complexity index is 995. The van der Waals surface area contributed by atoms with Crippen LogP contribution >= 0.6 is 0 Å². The van der Waals surface area contributed by atoms with Crippen LogP contribution in [0.3, 0.4) is 0 Å². The topological polar surface area (TPSA) is 98.2 Å². The van der Waals surface area contributed by atoms with Crippen molar-refractivity contribution in [2.75, 3.05) is 12.8 Å². The molecule has 0 aliphatic heterocycles. The van der Waals surface area contributed by atoms with Gasteiger partial charge in [0.1, 0.15) is 17.1 Å². The second-order valence-electron chi connectivity index (χ2n) is 7.25. The number of hydrogen-bond donors (Lipinski definition) is 1. The number of sulfone groups is 1. The highest BCUT2D eigenvalue weighted by Gasteiger charge is 2.23. The molecule has 7 nitrogen and oxygen atoms in total. The zero-order chi connectivity index (χ0) is 20.9. The van der Waals surface area contributed by atoms with E-state index in [4.69, 9.17) is 4.74 Å². The number of rotatable bonds is 7. The minimum absolute atomic E-state index is 0.0697. The van der Waals surface area contributed by atoms with Crippen LogP contribution in [0.5, 0.6) is 11.6 Å². The highest BCUT2D eigenvalue weighted by molar-refractivity contribution is 7.93. The van der Waals surface area contributed by atoms with E-state index in [9.17, 15) is 13.2 Å². The molecule has 3 rings (SSSR count). The SMILES string of the molecule is Cc1ccc(Oc2nc(C3CCCC3)ncc2C(=O)NC/C=C/S(C)(=O)=O)cc1. The van der Waals surface area contributed by atoms with E-state index in [1.54, 1.807) is 0 Å². The third-order valence-corrected chi connectivity index (χ3v) is 5.38. The molecule has 0 atom stereocenters. The fourth-order valence-electron chi connectivity index (χ4n) is 3.18. The van der Waals surface area contributed by atoms with Gasteiger partial charge in [-0.2, -0.15) is 4.98 Å². The summed E-state index contributed by atoms with van der Waals surface area (Å²) < 4.78 is 28.2. The molecular weight excluding hydrogens is 390 g/mol. The number of nitrogens with one attached hydrogen (secondary N) is 1. The summed E-state index contributed by atoms with van der Waals surface area (Å²) in [5.41, 5.74) is 1.31. The van der Waals surface area contributed by atoms with Crippen LogP contribution < -0.4 is 10.1 Å². The quantitative estimate of drug-likeness (QED) is 0.743. The zero-order valence-corrected chi connectivity index (χ0v) is 17.4. The van der Waals surface area contributed by atoms with Gasteiger partial charge in [-0.15, -0.1) is 0 Å². The van der Waals surface area contributed by atoms with E-state index in [0.29, 0.717) is 11.6 Å². The number of ether oxygens (including phenoxy) is 1. The van der Waals surface area contributed by atoms with Gasteiger partial charge in [-0.1, -0.05) is 36.6 Å². The lowest BCUT2D eigenvalue weighted by atomic mass is 10.1. The first kappa shape index (κ1) is 21.0. The summed E-state index contributed by atoms with van der Waals surface area (Å²) in [5.74, 6) is 1.33. The Balaban J connectivity index is 1.82. The third-order valence-electron chi connectivity index (χ3n) is 4.70. The Labute approximate surface area is 171 Å². The summed E-state index contributed by atoms with van der Waals surface area (Å²) in [6.45, 7) is 2.05. The average molecular weight is 416 g/mol. The molecular formula is C21H25N3O4S. The molecule has 1 saturated carbocycles. The van der Waals surface area contributed by atoms with Gasteiger partial charge in [0, 0.05) is 30.3 Å². The van der Waals surface area contributed by atoms with Gasteiger partial charge in [0.2, 0.25) is 5.88 Å². The summed E-state index contributed by atoms with van der Waals surface area (Å²) in [4.78, 5) is 21.6. The van der Waals surface area contributed by atoms with Gasteiger partial charge in [-0.3, -0.25) is 4.79 Å². The lowest BCUT2D eigenvalue weighted by Gasteiger charge is -2.13. The van der Waals surface area contributed by atoms with Crippen molar-refractivity contribution < 1.29 is 17.9 Å². The molecule has 0 spiro atoms. The lowest BCUT2D eigenvalue weighted by Crippen LogP contribution is -2.25. The van der Waals surface area contributed by atoms with Crippen LogP contribution in [0.15, 0.2) is 41.9 Å². The minimum Gasteiger partial charge on any atom is -0.438 e. The zero-order valence-electron chi connectivity index (χ0n) is 16.6. The molecule has 1 aliphatic rings. The van der Waals surface area contributed by atoms with Gasteiger partial charge in [-0.05, 0) is 31.9 Å². The summed E-state index contributed by atoms with van der Waals surface area (Å²) in [6.07, 6.45) is 8.32. The largest absolute Gasteiger partial charge is 0.438 e. The number of hydrogen-bond acceptors (Lipinski definition) is 6. The molecule has 2 aromatic rings. The molecule has 29 heavy (non-hydrogen) atoms. The fraction of sp³-hybridized carbons (Fsp3) is 0.381. The number of carbonyl (C=O) groups excluding carboxylic acids is 1. The van der Waals surface area contributed by atoms with Gasteiger partial charge < -0.3 is 10.1 Å². The lowest BCUT2D eigenvalue weighted by molar-refractivity contribution is 0.0954. The van der Waals surface area contributed by atoms with E-state index in [2.05, 4.69) is 15.3 Å². The summed E-state index contributed by atoms with van der Waals surface area (Å²) in [7, 11) is -3.24. The number of amides is 1. The summed E-state index contributed by atoms with van der Waals surface area (Å²) in [5, 5.41) is 3.70. The molecule has 1 aromatic carbocycles. The second-order valence-corrected chi connectivity index (χ2v) is 9.19. The van der Waals surface area contributed by atoms with E-state index >= 15 is 0 Å². The van der Waals surface area contributed by atoms with Gasteiger partial charge >= 0.3 is 0 Å². The smallest absolute Gasteiger partial charge is 0.258 e. The maximum atomic E-state index is 12.6. The van der Waals surface area contributed by atoms with Crippen molar-refractivity contribution in [1.29, 1.82) is 0 Å². The van der Waals surface area contributed by atoms with Crippen LogP contribution in [0, 0.1) is 6.92 Å². The van der Waals surface area contributed by atoms with Crippen molar-refractivity contribution in [3.8, 4) is 11.6 Å². The first-order valence-corrected chi connectivity index (χ1v) is 11.5. The predicted molar refractivity (Wildman–Crippen MR) is 111 cm³/mol. The molecule has 1 N–H and O–H groups in total. The van der Waals surface area contributed by atoms with Crippen molar-refractivity contribution >= 4 is 15.7 Å². The third kappa shape index (κ3) is 6.12. The van der Waals surface area contributed by atoms with Crippen LogP contribution in [0.2, 0.25) is 0 Å². The Morgan fingerprint density at radius 2 is 1.93 bits per heavy atom. The fourth-order valence-corrected chi connectivity index (χ4v) is 3.63. The second kappa shape index (κ2) is 9.17. The summed E-state index contributed by atoms with van der Waals surface area (Å²) >= 11 is 0. The van der Waals surface area contributed by atoms with Crippen molar-refractivity contribution in [2.45, 2.75) is 38.5 Å². The van der Waals surface area contributed by atoms with Gasteiger partial charge in [0.15, 0.2) is 9.84 Å². The monoisotopic (exact) mass is 415 g/mol. The van der Waals surface area contributed by atoms with Crippen LogP contribution in [-0.4, -0.2) is 37.1 Å². The van der Waals surface area contributed by atoms with E-state index in [-0.39, 0.29) is 23.9 Å². The minimum atomic E-state index is -3.24. The number of aryl methyl sites for hydroxylation is 1. The Hall–Kier alpha value is -2.74. The van der Waals surface area contributed by atoms with Crippen molar-refractivity contribution in [2.24, 2.45) is 0 Å². The van der Waals surface area contributed by atoms with Crippen LogP contribution in [-0.2, 0) is 9.84 Å². The van der Waals surface area contributed by atoms with Crippen molar-refractivity contribution in [1.82, 2.24) is 15.3 Å². The molecule has 0 radical (unpaired) electrons. The standard InChI is InChI=1S/C21H25N3O4S/c1-15-8-10-17(11-9-15)28-21-18(20(25)22-12-5-13-29(2,26)27)14-23-19(24-21)16-6-3-4-7-16/h5,8-11,13-14,16H,3-4,6-7,12H2,1-2H3,(H,22,25)/b13-5+. The maximum Gasteiger partial charge on any atom is 0.258 e. The molecule has 1 fully saturated rings. The summed E-state index contributed by atoms with van der Waals surface area (Å²) in [6, 6.07) is 7.49. The predicted octanol–water partition coefficient (Wildman–Crippen LogP) is 3.52. The molecule has 1 amide bonds. The number of benzene rings is 1. The highest BCUT2D eigenvalue weighted by Crippen LogP contribution is 2.34. The number of aromatic nitrogens is 2. The number of carbonyl (C=O) groups is 1. The molecule has 0 saturated heterocycles. The van der Waals surface area contributed by atoms with Gasteiger partial charge in [0.25, 0.3) is 5.91 Å². The van der Waals surface area contributed by atoms with Gasteiger partial charge in [0.05, 0.1) is 0 Å². The molecule has 154 valence electrons. The van der Waals surface area contributed by atoms with Crippen molar-refractivity contribution in [3.05, 3.63) is 58.9 Å². The van der Waals surface area contributed by atoms with Gasteiger partial charge in [-0.25, -0.2) is 13.4 Å². The van der Waals surface area contributed by atoms with E-state index < -0.39 is 15.7 Å². The molecule has 0 bridgehead atoms. The molecule has 0 unspecified atom stereocenters. The highest BCUT2D eigenvalue weighted by atomic mass is 32.2. The molecule has 1 heterocycles. The normalized spacial score (nSPS) is 15.0. The Morgan fingerprint density at radius 3 is 2.59 bits per heavy atom. The number of nitrogens with zero attached hydrogens (tertiary/aromatic N) is 2. The van der Waals surface area contributed by atoms with Crippen molar-refractivity contribution in [3.63, 3.8) is 0 Å². The van der Waals surface area contributed by atoms with E-state index in [1.165, 1.54) is 12.3 Å². The Kier molecular flexibility index (Phi) is 6.64. The van der Waals surface area contributed by atoms with E-state index in [0.717, 1.165) is 42.9 Å². The molecule has 1 aromatic heterocycles. The molecule has 8 heteroatoms. The maximum absolute atomic E-state index is 12.6. The average Bonchev–Trinajstić information content (AvgIpc) is 3.21. The van der Waals surface area contributed by atoms with Crippen LogP contribution in [0.4, 0.5) is 0 Å². The first-order chi connectivity index (χ1) is 13.8. The Morgan fingerprint density at radius 1 is 1.24 bits per heavy atom. The molecule has 1 aliphatic carbocycles. The van der Waals surface area contributed by atoms with E-state index in [1.807, 2.05) is 31.2 Å². The van der Waals surface area contributed by atoms with Crippen LogP contribution in [0.25, 0.3) is 0 Å².